The molecule has 0 spiro atoms. The van der Waals surface area contributed by atoms with E-state index in [0.717, 1.165) is 17.2 Å². The van der Waals surface area contributed by atoms with Crippen LogP contribution in [0.15, 0.2) is 0 Å². The topological polar surface area (TPSA) is 53.4 Å². The maximum absolute atomic E-state index is 11.0. The summed E-state index contributed by atoms with van der Waals surface area (Å²) in [6, 6.07) is 0.106. The lowest BCUT2D eigenvalue weighted by molar-refractivity contribution is -0.139. The monoisotopic (exact) mass is 270 g/mol. The van der Waals surface area contributed by atoms with Crippen molar-refractivity contribution in [1.82, 2.24) is 9.88 Å². The SMILES string of the molecule is Cc1nc(C)c(C(C)N(CC(=O)O)CC(C)C)s1. The van der Waals surface area contributed by atoms with E-state index in [4.69, 9.17) is 5.11 Å². The number of nitrogens with zero attached hydrogens (tertiary/aromatic N) is 2. The van der Waals surface area contributed by atoms with Gasteiger partial charge in [-0.05, 0) is 26.7 Å². The molecule has 0 amide bonds. The first-order chi connectivity index (χ1) is 8.31. The van der Waals surface area contributed by atoms with Crippen molar-refractivity contribution in [2.24, 2.45) is 5.92 Å². The molecular weight excluding hydrogens is 248 g/mol. The second-order valence-corrected chi connectivity index (χ2v) is 6.31. The summed E-state index contributed by atoms with van der Waals surface area (Å²) in [7, 11) is 0. The van der Waals surface area contributed by atoms with Crippen molar-refractivity contribution < 1.29 is 9.90 Å². The number of hydrogen-bond acceptors (Lipinski definition) is 4. The van der Waals surface area contributed by atoms with Gasteiger partial charge in [-0.3, -0.25) is 9.69 Å². The summed E-state index contributed by atoms with van der Waals surface area (Å²) >= 11 is 1.66. The van der Waals surface area contributed by atoms with Gasteiger partial charge in [0.05, 0.1) is 17.2 Å². The van der Waals surface area contributed by atoms with Gasteiger partial charge in [-0.1, -0.05) is 13.8 Å². The van der Waals surface area contributed by atoms with Crippen LogP contribution in [0.4, 0.5) is 0 Å². The maximum Gasteiger partial charge on any atom is 0.317 e. The zero-order valence-electron chi connectivity index (χ0n) is 11.7. The molecule has 102 valence electrons. The molecule has 4 nitrogen and oxygen atoms in total. The first kappa shape index (κ1) is 15.1. The van der Waals surface area contributed by atoms with Gasteiger partial charge >= 0.3 is 5.97 Å². The molecule has 5 heteroatoms. The molecule has 1 N–H and O–H groups in total. The van der Waals surface area contributed by atoms with Gasteiger partial charge in [0.2, 0.25) is 0 Å². The predicted octanol–water partition coefficient (Wildman–Crippen LogP) is 2.86. The number of aryl methyl sites for hydroxylation is 2. The van der Waals surface area contributed by atoms with E-state index in [1.807, 2.05) is 18.7 Å². The molecule has 0 aromatic carbocycles. The summed E-state index contributed by atoms with van der Waals surface area (Å²) < 4.78 is 0. The van der Waals surface area contributed by atoms with Crippen molar-refractivity contribution in [3.05, 3.63) is 15.6 Å². The first-order valence-electron chi connectivity index (χ1n) is 6.21. The van der Waals surface area contributed by atoms with Crippen LogP contribution in [-0.2, 0) is 4.79 Å². The Labute approximate surface area is 113 Å². The molecule has 0 fully saturated rings. The predicted molar refractivity (Wildman–Crippen MR) is 74.0 cm³/mol. The van der Waals surface area contributed by atoms with Crippen LogP contribution in [0.25, 0.3) is 0 Å². The number of aromatic nitrogens is 1. The molecule has 1 rings (SSSR count). The zero-order valence-corrected chi connectivity index (χ0v) is 12.5. The van der Waals surface area contributed by atoms with E-state index in [1.54, 1.807) is 11.3 Å². The van der Waals surface area contributed by atoms with Gasteiger partial charge in [0.1, 0.15) is 0 Å². The van der Waals surface area contributed by atoms with Crippen LogP contribution in [0.5, 0.6) is 0 Å². The lowest BCUT2D eigenvalue weighted by Crippen LogP contribution is -2.35. The average molecular weight is 270 g/mol. The van der Waals surface area contributed by atoms with E-state index in [0.29, 0.717) is 5.92 Å². The Morgan fingerprint density at radius 3 is 2.39 bits per heavy atom. The van der Waals surface area contributed by atoms with Gasteiger partial charge in [-0.25, -0.2) is 4.98 Å². The maximum atomic E-state index is 11.0. The first-order valence-corrected chi connectivity index (χ1v) is 7.02. The number of carboxylic acid groups (broad SMARTS) is 1. The normalized spacial score (nSPS) is 13.3. The van der Waals surface area contributed by atoms with E-state index < -0.39 is 5.97 Å². The van der Waals surface area contributed by atoms with Gasteiger partial charge in [0.15, 0.2) is 0 Å². The van der Waals surface area contributed by atoms with Crippen molar-refractivity contribution in [3.8, 4) is 0 Å². The lowest BCUT2D eigenvalue weighted by atomic mass is 10.1. The Morgan fingerprint density at radius 1 is 1.39 bits per heavy atom. The molecule has 0 bridgehead atoms. The van der Waals surface area contributed by atoms with Crippen LogP contribution in [0, 0.1) is 19.8 Å². The van der Waals surface area contributed by atoms with Crippen molar-refractivity contribution in [3.63, 3.8) is 0 Å². The Balaban J connectivity index is 2.90. The molecule has 1 heterocycles. The molecular formula is C13H22N2O2S. The second-order valence-electron chi connectivity index (χ2n) is 5.08. The van der Waals surface area contributed by atoms with Crippen LogP contribution in [0.3, 0.4) is 0 Å². The summed E-state index contributed by atoms with van der Waals surface area (Å²) in [4.78, 5) is 18.6. The van der Waals surface area contributed by atoms with E-state index >= 15 is 0 Å². The summed E-state index contributed by atoms with van der Waals surface area (Å²) in [6.45, 7) is 11.1. The van der Waals surface area contributed by atoms with Crippen molar-refractivity contribution in [1.29, 1.82) is 0 Å². The van der Waals surface area contributed by atoms with Crippen molar-refractivity contribution >= 4 is 17.3 Å². The fourth-order valence-corrected chi connectivity index (χ4v) is 3.12. The molecule has 1 atom stereocenters. The Hall–Kier alpha value is -0.940. The molecule has 0 saturated heterocycles. The van der Waals surface area contributed by atoms with Crippen LogP contribution < -0.4 is 0 Å². The molecule has 1 aromatic heterocycles. The summed E-state index contributed by atoms with van der Waals surface area (Å²) in [5.41, 5.74) is 1.02. The number of rotatable bonds is 6. The second kappa shape index (κ2) is 6.29. The Bertz CT molecular complexity index is 415. The fraction of sp³-hybridized carbons (Fsp3) is 0.692. The van der Waals surface area contributed by atoms with Crippen LogP contribution in [-0.4, -0.2) is 34.0 Å². The summed E-state index contributed by atoms with van der Waals surface area (Å²) in [6.07, 6.45) is 0. The third-order valence-corrected chi connectivity index (χ3v) is 4.05. The third-order valence-electron chi connectivity index (χ3n) is 2.80. The molecule has 0 saturated carbocycles. The highest BCUT2D eigenvalue weighted by Crippen LogP contribution is 2.29. The minimum absolute atomic E-state index is 0.0791. The van der Waals surface area contributed by atoms with Crippen LogP contribution in [0.1, 0.15) is 42.4 Å². The Kier molecular flexibility index (Phi) is 5.28. The molecule has 0 aliphatic carbocycles. The van der Waals surface area contributed by atoms with E-state index in [9.17, 15) is 4.79 Å². The number of carbonyl (C=O) groups is 1. The van der Waals surface area contributed by atoms with Crippen molar-refractivity contribution in [2.45, 2.75) is 40.7 Å². The van der Waals surface area contributed by atoms with Crippen molar-refractivity contribution in [2.75, 3.05) is 13.1 Å². The zero-order chi connectivity index (χ0) is 13.9. The minimum Gasteiger partial charge on any atom is -0.480 e. The highest BCUT2D eigenvalue weighted by molar-refractivity contribution is 7.11. The Morgan fingerprint density at radius 2 is 2.00 bits per heavy atom. The lowest BCUT2D eigenvalue weighted by Gasteiger charge is -2.28. The van der Waals surface area contributed by atoms with Gasteiger partial charge < -0.3 is 5.11 Å². The van der Waals surface area contributed by atoms with Gasteiger partial charge in [0.25, 0.3) is 0 Å². The third kappa shape index (κ3) is 4.07. The van der Waals surface area contributed by atoms with E-state index in [-0.39, 0.29) is 12.6 Å². The standard InChI is InChI=1S/C13H22N2O2S/c1-8(2)6-15(7-12(16)17)10(4)13-9(3)14-11(5)18-13/h8,10H,6-7H2,1-5H3,(H,16,17). The van der Waals surface area contributed by atoms with Gasteiger partial charge in [-0.15, -0.1) is 11.3 Å². The largest absolute Gasteiger partial charge is 0.480 e. The quantitative estimate of drug-likeness (QED) is 0.863. The number of carboxylic acids is 1. The van der Waals surface area contributed by atoms with E-state index in [2.05, 4.69) is 25.8 Å². The summed E-state index contributed by atoms with van der Waals surface area (Å²) in [5.74, 6) is -0.331. The highest BCUT2D eigenvalue weighted by atomic mass is 32.1. The summed E-state index contributed by atoms with van der Waals surface area (Å²) in [5, 5.41) is 10.0. The molecule has 0 radical (unpaired) electrons. The van der Waals surface area contributed by atoms with Crippen LogP contribution >= 0.6 is 11.3 Å². The smallest absolute Gasteiger partial charge is 0.317 e. The minimum atomic E-state index is -0.776. The van der Waals surface area contributed by atoms with Gasteiger partial charge in [0, 0.05) is 17.5 Å². The van der Waals surface area contributed by atoms with Crippen LogP contribution in [0.2, 0.25) is 0 Å². The molecule has 1 aromatic rings. The highest BCUT2D eigenvalue weighted by Gasteiger charge is 2.22. The average Bonchev–Trinajstić information content (AvgIpc) is 2.54. The van der Waals surface area contributed by atoms with Gasteiger partial charge in [-0.2, -0.15) is 0 Å². The number of aliphatic carboxylic acids is 1. The molecule has 18 heavy (non-hydrogen) atoms. The number of hydrogen-bond donors (Lipinski definition) is 1. The fourth-order valence-electron chi connectivity index (χ4n) is 2.10. The number of thiazole rings is 1. The van der Waals surface area contributed by atoms with E-state index in [1.165, 1.54) is 4.88 Å². The molecule has 0 aliphatic rings. The molecule has 0 aliphatic heterocycles. The molecule has 1 unspecified atom stereocenters.